The normalized spacial score (nSPS) is 20.1. The predicted octanol–water partition coefficient (Wildman–Crippen LogP) is 3.03. The maximum Gasteiger partial charge on any atom is 0.263 e. The van der Waals surface area contributed by atoms with Crippen LogP contribution in [0.15, 0.2) is 46.7 Å². The second-order valence-electron chi connectivity index (χ2n) is 7.15. The highest BCUT2D eigenvalue weighted by Crippen LogP contribution is 2.33. The van der Waals surface area contributed by atoms with Crippen molar-refractivity contribution in [1.82, 2.24) is 5.01 Å². The Hall–Kier alpha value is -3.33. The molecule has 0 aromatic heterocycles. The quantitative estimate of drug-likeness (QED) is 0.756. The highest BCUT2D eigenvalue weighted by atomic mass is 35.5. The molecule has 1 fully saturated rings. The number of imide groups is 1. The second-order valence-corrected chi connectivity index (χ2v) is 7.56. The molecular weight excluding hydrogens is 413 g/mol. The van der Waals surface area contributed by atoms with E-state index in [1.54, 1.807) is 31.2 Å². The summed E-state index contributed by atoms with van der Waals surface area (Å²) in [5.41, 5.74) is 1.88. The number of fused-ring (bicyclic) bond motifs is 1. The first kappa shape index (κ1) is 20.0. The van der Waals surface area contributed by atoms with Crippen LogP contribution in [0, 0.1) is 19.7 Å². The third kappa shape index (κ3) is 3.41. The molecule has 8 nitrogen and oxygen atoms in total. The minimum absolute atomic E-state index is 0.278. The molecule has 2 atom stereocenters. The molecule has 0 saturated carbocycles. The van der Waals surface area contributed by atoms with Crippen molar-refractivity contribution in [3.63, 3.8) is 0 Å². The van der Waals surface area contributed by atoms with E-state index in [0.717, 1.165) is 10.5 Å². The number of carbonyl (C=O) groups is 3. The van der Waals surface area contributed by atoms with E-state index in [4.69, 9.17) is 11.6 Å². The Kier molecular flexibility index (Phi) is 4.98. The lowest BCUT2D eigenvalue weighted by Crippen LogP contribution is -2.43. The fraction of sp³-hybridized carbons (Fsp3) is 0.250. The lowest BCUT2D eigenvalue weighted by Gasteiger charge is -2.20. The standard InChI is InChI=1S/C20H17ClFN5O3/c1-10-4-6-13(8-14(10)21)27-19(29)17-18(20(27)30)26(25-24-17)9-16(28)23-12-5-3-11(2)15(22)7-12/h3-8,17-18H,9H2,1-2H3,(H,23,28)/t17-,18+/m1/s1. The summed E-state index contributed by atoms with van der Waals surface area (Å²) in [6.07, 6.45) is 0. The Bertz CT molecular complexity index is 1110. The van der Waals surface area contributed by atoms with Gasteiger partial charge in [-0.05, 0) is 49.2 Å². The van der Waals surface area contributed by atoms with E-state index in [0.29, 0.717) is 16.3 Å². The van der Waals surface area contributed by atoms with Crippen molar-refractivity contribution in [1.29, 1.82) is 0 Å². The predicted molar refractivity (Wildman–Crippen MR) is 108 cm³/mol. The summed E-state index contributed by atoms with van der Waals surface area (Å²) >= 11 is 6.12. The molecule has 30 heavy (non-hydrogen) atoms. The van der Waals surface area contributed by atoms with Crippen LogP contribution in [0.1, 0.15) is 11.1 Å². The highest BCUT2D eigenvalue weighted by Gasteiger charge is 2.55. The number of nitrogens with zero attached hydrogens (tertiary/aromatic N) is 4. The Morgan fingerprint density at radius 1 is 1.13 bits per heavy atom. The van der Waals surface area contributed by atoms with Crippen LogP contribution >= 0.6 is 11.6 Å². The van der Waals surface area contributed by atoms with Crippen LogP contribution in [0.3, 0.4) is 0 Å². The van der Waals surface area contributed by atoms with E-state index in [-0.39, 0.29) is 12.2 Å². The van der Waals surface area contributed by atoms with Gasteiger partial charge in [0, 0.05) is 10.7 Å². The molecule has 2 aromatic rings. The van der Waals surface area contributed by atoms with Gasteiger partial charge in [0.1, 0.15) is 12.4 Å². The Balaban J connectivity index is 1.49. The van der Waals surface area contributed by atoms with Gasteiger partial charge in [-0.3, -0.25) is 19.4 Å². The van der Waals surface area contributed by atoms with Gasteiger partial charge in [-0.25, -0.2) is 9.29 Å². The molecule has 0 radical (unpaired) electrons. The Morgan fingerprint density at radius 2 is 1.87 bits per heavy atom. The van der Waals surface area contributed by atoms with Crippen molar-refractivity contribution in [3.8, 4) is 0 Å². The molecule has 2 aromatic carbocycles. The largest absolute Gasteiger partial charge is 0.324 e. The molecule has 3 amide bonds. The molecule has 0 unspecified atom stereocenters. The molecular formula is C20H17ClFN5O3. The van der Waals surface area contributed by atoms with E-state index in [1.165, 1.54) is 17.1 Å². The minimum Gasteiger partial charge on any atom is -0.324 e. The SMILES string of the molecule is Cc1ccc(NC(=O)CN2N=N[C@H]3C(=O)N(c4ccc(C)c(Cl)c4)C(=O)[C@H]32)cc1F. The number of anilines is 2. The summed E-state index contributed by atoms with van der Waals surface area (Å²) in [6.45, 7) is 3.10. The van der Waals surface area contributed by atoms with Gasteiger partial charge >= 0.3 is 0 Å². The van der Waals surface area contributed by atoms with Gasteiger partial charge in [-0.1, -0.05) is 29.0 Å². The van der Waals surface area contributed by atoms with Crippen LogP contribution in [0.25, 0.3) is 0 Å². The Labute approximate surface area is 176 Å². The average Bonchev–Trinajstić information content (AvgIpc) is 3.21. The third-order valence-corrected chi connectivity index (χ3v) is 5.44. The van der Waals surface area contributed by atoms with Gasteiger partial charge in [0.2, 0.25) is 5.91 Å². The number of nitrogens with one attached hydrogen (secondary N) is 1. The number of hydrogen-bond donors (Lipinski definition) is 1. The molecule has 0 spiro atoms. The molecule has 4 rings (SSSR count). The monoisotopic (exact) mass is 429 g/mol. The van der Waals surface area contributed by atoms with Crippen LogP contribution in [0.5, 0.6) is 0 Å². The summed E-state index contributed by atoms with van der Waals surface area (Å²) in [7, 11) is 0. The molecule has 2 aliphatic heterocycles. The number of benzene rings is 2. The van der Waals surface area contributed by atoms with Gasteiger partial charge in [0.05, 0.1) is 5.69 Å². The first-order chi connectivity index (χ1) is 14.3. The van der Waals surface area contributed by atoms with E-state index in [2.05, 4.69) is 15.7 Å². The van der Waals surface area contributed by atoms with Crippen LogP contribution < -0.4 is 10.2 Å². The zero-order valence-corrected chi connectivity index (χ0v) is 16.9. The van der Waals surface area contributed by atoms with Crippen molar-refractivity contribution in [2.75, 3.05) is 16.8 Å². The van der Waals surface area contributed by atoms with Crippen molar-refractivity contribution in [2.24, 2.45) is 10.3 Å². The summed E-state index contributed by atoms with van der Waals surface area (Å²) in [5.74, 6) is -2.03. The van der Waals surface area contributed by atoms with Gasteiger partial charge in [0.15, 0.2) is 12.1 Å². The summed E-state index contributed by atoms with van der Waals surface area (Å²) in [6, 6.07) is 7.14. The van der Waals surface area contributed by atoms with E-state index in [9.17, 15) is 18.8 Å². The molecule has 0 bridgehead atoms. The molecule has 1 N–H and O–H groups in total. The maximum atomic E-state index is 13.7. The molecule has 0 aliphatic carbocycles. The van der Waals surface area contributed by atoms with Crippen LogP contribution in [0.4, 0.5) is 15.8 Å². The first-order valence-corrected chi connectivity index (χ1v) is 9.51. The van der Waals surface area contributed by atoms with Gasteiger partial charge in [-0.2, -0.15) is 5.11 Å². The van der Waals surface area contributed by atoms with E-state index >= 15 is 0 Å². The summed E-state index contributed by atoms with van der Waals surface area (Å²) < 4.78 is 13.7. The maximum absolute atomic E-state index is 13.7. The van der Waals surface area contributed by atoms with E-state index < -0.39 is 35.6 Å². The summed E-state index contributed by atoms with van der Waals surface area (Å²) in [4.78, 5) is 39.1. The first-order valence-electron chi connectivity index (χ1n) is 9.13. The molecule has 2 aliphatic rings. The molecule has 154 valence electrons. The fourth-order valence-electron chi connectivity index (χ4n) is 3.35. The molecule has 1 saturated heterocycles. The van der Waals surface area contributed by atoms with Gasteiger partial charge in [0.25, 0.3) is 11.8 Å². The number of carbonyl (C=O) groups excluding carboxylic acids is 3. The average molecular weight is 430 g/mol. The third-order valence-electron chi connectivity index (χ3n) is 5.03. The minimum atomic E-state index is -1.03. The van der Waals surface area contributed by atoms with Crippen LogP contribution in [0.2, 0.25) is 5.02 Å². The van der Waals surface area contributed by atoms with Crippen LogP contribution in [-0.4, -0.2) is 41.4 Å². The van der Waals surface area contributed by atoms with Crippen LogP contribution in [-0.2, 0) is 14.4 Å². The molecule has 2 heterocycles. The number of aryl methyl sites for hydroxylation is 2. The second kappa shape index (κ2) is 7.49. The topological polar surface area (TPSA) is 94.4 Å². The van der Waals surface area contributed by atoms with Crippen molar-refractivity contribution in [2.45, 2.75) is 25.9 Å². The number of halogens is 2. The lowest BCUT2D eigenvalue weighted by molar-refractivity contribution is -0.123. The molecule has 10 heteroatoms. The van der Waals surface area contributed by atoms with Gasteiger partial charge < -0.3 is 5.32 Å². The summed E-state index contributed by atoms with van der Waals surface area (Å²) in [5, 5.41) is 11.8. The smallest absolute Gasteiger partial charge is 0.263 e. The zero-order valence-electron chi connectivity index (χ0n) is 16.1. The lowest BCUT2D eigenvalue weighted by atomic mass is 10.1. The van der Waals surface area contributed by atoms with Crippen molar-refractivity contribution in [3.05, 3.63) is 58.4 Å². The number of amides is 3. The van der Waals surface area contributed by atoms with Crippen molar-refractivity contribution >= 4 is 40.7 Å². The Morgan fingerprint density at radius 3 is 2.57 bits per heavy atom. The van der Waals surface area contributed by atoms with E-state index in [1.807, 2.05) is 6.92 Å². The number of hydrogen-bond acceptors (Lipinski definition) is 6. The zero-order chi connectivity index (χ0) is 21.6. The highest BCUT2D eigenvalue weighted by molar-refractivity contribution is 6.32. The van der Waals surface area contributed by atoms with Crippen molar-refractivity contribution < 1.29 is 18.8 Å². The number of rotatable bonds is 4. The van der Waals surface area contributed by atoms with Gasteiger partial charge in [-0.15, -0.1) is 0 Å². The fourth-order valence-corrected chi connectivity index (χ4v) is 3.52.